The number of benzene rings is 1. The summed E-state index contributed by atoms with van der Waals surface area (Å²) in [6, 6.07) is 8.99. The summed E-state index contributed by atoms with van der Waals surface area (Å²) < 4.78 is 0. The highest BCUT2D eigenvalue weighted by molar-refractivity contribution is 5.95. The molecule has 0 atom stereocenters. The third-order valence-electron chi connectivity index (χ3n) is 1.25. The second-order valence-electron chi connectivity index (χ2n) is 1.95. The fraction of sp³-hybridized carbons (Fsp3) is 0. The maximum absolute atomic E-state index is 10.6. The van der Waals surface area contributed by atoms with Crippen LogP contribution in [-0.4, -0.2) is 5.91 Å². The first kappa shape index (κ1) is 7.29. The highest BCUT2D eigenvalue weighted by atomic mass is 16.1. The van der Waals surface area contributed by atoms with E-state index < -0.39 is 5.91 Å². The minimum Gasteiger partial charge on any atom is -0.366 e. The molecule has 2 N–H and O–H groups in total. The lowest BCUT2D eigenvalue weighted by atomic mass is 10.1. The molecule has 1 aromatic carbocycles. The number of nitriles is 1. The fourth-order valence-corrected chi connectivity index (χ4v) is 0.732. The van der Waals surface area contributed by atoms with E-state index in [2.05, 4.69) is 6.07 Å². The molecule has 0 saturated heterocycles. The van der Waals surface area contributed by atoms with E-state index >= 15 is 0 Å². The number of hydrogen-bond donors (Lipinski definition) is 1. The third-order valence-corrected chi connectivity index (χ3v) is 1.25. The van der Waals surface area contributed by atoms with Gasteiger partial charge in [-0.05, 0) is 18.2 Å². The number of carbonyl (C=O) groups excluding carboxylic acids is 1. The van der Waals surface area contributed by atoms with Crippen molar-refractivity contribution in [1.29, 1.82) is 5.26 Å². The van der Waals surface area contributed by atoms with Crippen LogP contribution in [0.4, 0.5) is 0 Å². The predicted octanol–water partition coefficient (Wildman–Crippen LogP) is 0.457. The second kappa shape index (κ2) is 2.84. The van der Waals surface area contributed by atoms with Crippen molar-refractivity contribution in [2.45, 2.75) is 0 Å². The van der Waals surface area contributed by atoms with Gasteiger partial charge < -0.3 is 5.73 Å². The van der Waals surface area contributed by atoms with Crippen LogP contribution in [0.15, 0.2) is 18.2 Å². The Hall–Kier alpha value is -1.82. The van der Waals surface area contributed by atoms with E-state index in [1.165, 1.54) is 12.1 Å². The fourth-order valence-electron chi connectivity index (χ4n) is 0.732. The molecular formula is C8H5N2O. The van der Waals surface area contributed by atoms with Gasteiger partial charge in [-0.1, -0.05) is 6.07 Å². The Balaban J connectivity index is 3.26. The minimum atomic E-state index is -0.599. The van der Waals surface area contributed by atoms with E-state index in [1.54, 1.807) is 6.07 Å². The number of hydrogen-bond acceptors (Lipinski definition) is 2. The van der Waals surface area contributed by atoms with E-state index in [9.17, 15) is 4.79 Å². The largest absolute Gasteiger partial charge is 0.366 e. The Morgan fingerprint density at radius 3 is 2.91 bits per heavy atom. The summed E-state index contributed by atoms with van der Waals surface area (Å²) in [5, 5.41) is 8.50. The lowest BCUT2D eigenvalue weighted by Crippen LogP contribution is -2.12. The first-order valence-corrected chi connectivity index (χ1v) is 2.95. The third kappa shape index (κ3) is 1.36. The molecule has 11 heavy (non-hydrogen) atoms. The molecule has 0 aliphatic rings. The van der Waals surface area contributed by atoms with Gasteiger partial charge in [0.1, 0.15) is 0 Å². The lowest BCUT2D eigenvalue weighted by Gasteiger charge is -1.94. The molecule has 0 aliphatic heterocycles. The predicted molar refractivity (Wildman–Crippen MR) is 38.5 cm³/mol. The van der Waals surface area contributed by atoms with Gasteiger partial charge in [0.05, 0.1) is 17.2 Å². The summed E-state index contributed by atoms with van der Waals surface area (Å²) in [4.78, 5) is 10.6. The van der Waals surface area contributed by atoms with Gasteiger partial charge >= 0.3 is 0 Å². The van der Waals surface area contributed by atoms with E-state index in [0.29, 0.717) is 0 Å². The number of primary amides is 1. The van der Waals surface area contributed by atoms with E-state index in [0.717, 1.165) is 0 Å². The molecule has 0 aliphatic carbocycles. The first-order chi connectivity index (χ1) is 5.25. The van der Waals surface area contributed by atoms with Crippen LogP contribution in [0.1, 0.15) is 15.9 Å². The van der Waals surface area contributed by atoms with Crippen molar-refractivity contribution in [1.82, 2.24) is 0 Å². The molecule has 3 heteroatoms. The smallest absolute Gasteiger partial charge is 0.250 e. The van der Waals surface area contributed by atoms with Crippen LogP contribution >= 0.6 is 0 Å². The Labute approximate surface area is 64.1 Å². The van der Waals surface area contributed by atoms with Gasteiger partial charge in [-0.25, -0.2) is 0 Å². The average molecular weight is 145 g/mol. The zero-order valence-electron chi connectivity index (χ0n) is 5.66. The second-order valence-corrected chi connectivity index (χ2v) is 1.95. The van der Waals surface area contributed by atoms with E-state index in [-0.39, 0.29) is 11.1 Å². The number of nitrogens with two attached hydrogens (primary N) is 1. The van der Waals surface area contributed by atoms with Crippen molar-refractivity contribution in [3.8, 4) is 6.07 Å². The molecule has 1 aromatic rings. The standard InChI is InChI=1S/C8H5N2O/c9-5-6-3-1-2-4-7(6)8(10)11/h1,3-4H,(H2,10,11). The van der Waals surface area contributed by atoms with Crippen LogP contribution in [0.25, 0.3) is 0 Å². The van der Waals surface area contributed by atoms with Crippen LogP contribution in [0.2, 0.25) is 0 Å². The SMILES string of the molecule is N#Cc1cc[c]cc1C(N)=O. The van der Waals surface area contributed by atoms with Gasteiger partial charge in [0.25, 0.3) is 0 Å². The summed E-state index contributed by atoms with van der Waals surface area (Å²) in [5.41, 5.74) is 5.49. The van der Waals surface area contributed by atoms with Crippen LogP contribution in [0, 0.1) is 17.4 Å². The molecule has 0 spiro atoms. The van der Waals surface area contributed by atoms with Gasteiger partial charge in [0, 0.05) is 0 Å². The van der Waals surface area contributed by atoms with Crippen LogP contribution < -0.4 is 5.73 Å². The van der Waals surface area contributed by atoms with Crippen LogP contribution in [-0.2, 0) is 0 Å². The zero-order valence-corrected chi connectivity index (χ0v) is 5.66. The van der Waals surface area contributed by atoms with E-state index in [4.69, 9.17) is 11.0 Å². The lowest BCUT2D eigenvalue weighted by molar-refractivity contribution is 0.1000. The molecule has 0 saturated carbocycles. The van der Waals surface area contributed by atoms with Crippen molar-refractivity contribution in [3.05, 3.63) is 35.4 Å². The maximum atomic E-state index is 10.6. The molecule has 1 rings (SSSR count). The number of nitrogens with zero attached hydrogens (tertiary/aromatic N) is 1. The molecule has 3 nitrogen and oxygen atoms in total. The summed E-state index contributed by atoms with van der Waals surface area (Å²) in [5.74, 6) is -0.599. The molecule has 0 unspecified atom stereocenters. The summed E-state index contributed by atoms with van der Waals surface area (Å²) in [6.45, 7) is 0. The van der Waals surface area contributed by atoms with Crippen molar-refractivity contribution >= 4 is 5.91 Å². The quantitative estimate of drug-likeness (QED) is 0.623. The Kier molecular flexibility index (Phi) is 1.88. The molecule has 0 bridgehead atoms. The van der Waals surface area contributed by atoms with Crippen molar-refractivity contribution in [3.63, 3.8) is 0 Å². The normalized spacial score (nSPS) is 8.64. The monoisotopic (exact) mass is 145 g/mol. The topological polar surface area (TPSA) is 66.9 Å². The summed E-state index contributed by atoms with van der Waals surface area (Å²) in [7, 11) is 0. The van der Waals surface area contributed by atoms with Gasteiger partial charge in [0.2, 0.25) is 5.91 Å². The van der Waals surface area contributed by atoms with Gasteiger partial charge in [-0.2, -0.15) is 5.26 Å². The molecule has 0 fully saturated rings. The van der Waals surface area contributed by atoms with Gasteiger partial charge in [-0.3, -0.25) is 4.79 Å². The maximum Gasteiger partial charge on any atom is 0.250 e. The molecule has 0 aromatic heterocycles. The van der Waals surface area contributed by atoms with Crippen molar-refractivity contribution in [2.75, 3.05) is 0 Å². The number of rotatable bonds is 1. The highest BCUT2D eigenvalue weighted by Crippen LogP contribution is 2.04. The van der Waals surface area contributed by atoms with Crippen molar-refractivity contribution < 1.29 is 4.79 Å². The number of amides is 1. The Morgan fingerprint density at radius 2 is 2.45 bits per heavy atom. The van der Waals surface area contributed by atoms with Crippen LogP contribution in [0.3, 0.4) is 0 Å². The molecule has 1 radical (unpaired) electrons. The van der Waals surface area contributed by atoms with Crippen molar-refractivity contribution in [2.24, 2.45) is 5.73 Å². The van der Waals surface area contributed by atoms with Gasteiger partial charge in [0.15, 0.2) is 0 Å². The Morgan fingerprint density at radius 1 is 1.73 bits per heavy atom. The molecule has 1 amide bonds. The molecule has 0 heterocycles. The summed E-state index contributed by atoms with van der Waals surface area (Å²) in [6.07, 6.45) is 0. The zero-order chi connectivity index (χ0) is 8.27. The molecular weight excluding hydrogens is 140 g/mol. The van der Waals surface area contributed by atoms with Gasteiger partial charge in [-0.15, -0.1) is 0 Å². The first-order valence-electron chi connectivity index (χ1n) is 2.95. The highest BCUT2D eigenvalue weighted by Gasteiger charge is 2.04. The number of carbonyl (C=O) groups is 1. The summed E-state index contributed by atoms with van der Waals surface area (Å²) >= 11 is 0. The minimum absolute atomic E-state index is 0.218. The molecule has 53 valence electrons. The Bertz CT molecular complexity index is 325. The van der Waals surface area contributed by atoms with E-state index in [1.807, 2.05) is 6.07 Å². The van der Waals surface area contributed by atoms with Crippen LogP contribution in [0.5, 0.6) is 0 Å². The average Bonchev–Trinajstić information content (AvgIpc) is 2.04.